The summed E-state index contributed by atoms with van der Waals surface area (Å²) in [5, 5.41) is 2.95. The van der Waals surface area contributed by atoms with E-state index >= 15 is 0 Å². The number of carbonyl (C=O) groups excluding carboxylic acids is 1. The van der Waals surface area contributed by atoms with E-state index < -0.39 is 30.2 Å². The van der Waals surface area contributed by atoms with Gasteiger partial charge in [0.1, 0.15) is 24.5 Å². The fourth-order valence-electron chi connectivity index (χ4n) is 0.730. The van der Waals surface area contributed by atoms with Crippen LogP contribution in [0.3, 0.4) is 0 Å². The van der Waals surface area contributed by atoms with Crippen molar-refractivity contribution in [2.24, 2.45) is 0 Å². The van der Waals surface area contributed by atoms with Crippen LogP contribution in [0.15, 0.2) is 5.57 Å². The van der Waals surface area contributed by atoms with Gasteiger partial charge in [-0.15, -0.1) is 0 Å². The fraction of sp³-hybridized carbons (Fsp3) is 0.500. The molecule has 0 saturated heterocycles. The van der Waals surface area contributed by atoms with Crippen molar-refractivity contribution in [2.45, 2.75) is 12.2 Å². The molecular formula is C6H3F4NO. The third-order valence-electron chi connectivity index (χ3n) is 1.31. The van der Waals surface area contributed by atoms with Gasteiger partial charge in [0.2, 0.25) is 0 Å². The highest BCUT2D eigenvalue weighted by Gasteiger charge is 2.45. The van der Waals surface area contributed by atoms with Crippen molar-refractivity contribution in [1.29, 1.82) is 0 Å². The second-order valence-electron chi connectivity index (χ2n) is 2.15. The predicted octanol–water partition coefficient (Wildman–Crippen LogP) is 0.761. The fourth-order valence-corrected chi connectivity index (χ4v) is 0.730. The molecule has 1 heterocycles. The highest BCUT2D eigenvalue weighted by atomic mass is 19.4. The molecule has 1 aliphatic heterocycles. The van der Waals surface area contributed by atoms with Crippen LogP contribution in [0.1, 0.15) is 0 Å². The molecule has 0 saturated carbocycles. The number of rotatable bonds is 1. The van der Waals surface area contributed by atoms with E-state index in [4.69, 9.17) is 0 Å². The molecule has 6 heteroatoms. The molecule has 0 aromatic heterocycles. The summed E-state index contributed by atoms with van der Waals surface area (Å²) in [6.07, 6.45) is -3.30. The third kappa shape index (κ3) is 1.41. The van der Waals surface area contributed by atoms with Crippen molar-refractivity contribution in [1.82, 2.24) is 5.32 Å². The zero-order chi connectivity index (χ0) is 9.35. The van der Waals surface area contributed by atoms with Gasteiger partial charge in [-0.05, 0) is 0 Å². The first-order valence-corrected chi connectivity index (χ1v) is 2.97. The standard InChI is InChI=1S/C6H3F4NO/c7-1-4-5(12)3(2-11-4)6(8,9)10/h4H,1H2. The highest BCUT2D eigenvalue weighted by molar-refractivity contribution is 6.02. The van der Waals surface area contributed by atoms with E-state index in [-0.39, 0.29) is 0 Å². The molecule has 0 fully saturated rings. The zero-order valence-corrected chi connectivity index (χ0v) is 5.65. The summed E-state index contributed by atoms with van der Waals surface area (Å²) in [4.78, 5) is 10.6. The Morgan fingerprint density at radius 2 is 2.08 bits per heavy atom. The Bertz CT molecular complexity index is 232. The highest BCUT2D eigenvalue weighted by Crippen LogP contribution is 2.29. The van der Waals surface area contributed by atoms with Gasteiger partial charge in [0, 0.05) is 0 Å². The smallest absolute Gasteiger partial charge is 0.292 e. The molecule has 0 amide bonds. The quantitative estimate of drug-likeness (QED) is 0.549. The Kier molecular flexibility index (Phi) is 2.08. The number of hydrogen-bond acceptors (Lipinski definition) is 1. The van der Waals surface area contributed by atoms with Crippen molar-refractivity contribution in [3.05, 3.63) is 11.8 Å². The van der Waals surface area contributed by atoms with E-state index in [1.807, 2.05) is 0 Å². The second kappa shape index (κ2) is 2.76. The largest absolute Gasteiger partial charge is 0.422 e. The summed E-state index contributed by atoms with van der Waals surface area (Å²) in [5.41, 5.74) is -1.50. The lowest BCUT2D eigenvalue weighted by Gasteiger charge is -2.05. The molecule has 0 aromatic rings. The van der Waals surface area contributed by atoms with Gasteiger partial charge in [-0.25, -0.2) is 4.39 Å². The first-order valence-electron chi connectivity index (χ1n) is 2.97. The van der Waals surface area contributed by atoms with E-state index in [1.54, 1.807) is 0 Å². The Labute approximate surface area is 65.2 Å². The molecule has 2 radical (unpaired) electrons. The topological polar surface area (TPSA) is 31.2 Å². The number of Topliss-reactive ketones (excluding diaryl/α,β-unsaturated/α-hetero) is 1. The van der Waals surface area contributed by atoms with E-state index in [0.29, 0.717) is 0 Å². The summed E-state index contributed by atoms with van der Waals surface area (Å²) in [6, 6.07) is -1.54. The average molecular weight is 181 g/mol. The SMILES string of the molecule is O=C1C(C(F)(F)F)=[C][N]C1CF. The number of halogens is 4. The van der Waals surface area contributed by atoms with Crippen LogP contribution < -0.4 is 5.32 Å². The van der Waals surface area contributed by atoms with E-state index in [0.717, 1.165) is 0 Å². The Morgan fingerprint density at radius 1 is 1.50 bits per heavy atom. The van der Waals surface area contributed by atoms with E-state index in [9.17, 15) is 22.4 Å². The maximum atomic E-state index is 11.8. The molecule has 12 heavy (non-hydrogen) atoms. The maximum Gasteiger partial charge on any atom is 0.422 e. The molecule has 1 rings (SSSR count). The van der Waals surface area contributed by atoms with Gasteiger partial charge in [-0.2, -0.15) is 13.2 Å². The summed E-state index contributed by atoms with van der Waals surface area (Å²) in [5.74, 6) is -1.34. The molecule has 0 aromatic carbocycles. The molecule has 0 spiro atoms. The third-order valence-corrected chi connectivity index (χ3v) is 1.31. The van der Waals surface area contributed by atoms with Crippen LogP contribution in [0.25, 0.3) is 0 Å². The van der Waals surface area contributed by atoms with Crippen LogP contribution in [0.4, 0.5) is 17.6 Å². The number of hydrogen-bond donors (Lipinski definition) is 0. The lowest BCUT2D eigenvalue weighted by atomic mass is 10.1. The monoisotopic (exact) mass is 181 g/mol. The Hall–Kier alpha value is -1.07. The summed E-state index contributed by atoms with van der Waals surface area (Å²) in [6.45, 7) is -1.22. The van der Waals surface area contributed by atoms with E-state index in [1.165, 1.54) is 6.20 Å². The molecule has 0 N–H and O–H groups in total. The van der Waals surface area contributed by atoms with Gasteiger partial charge in [-0.3, -0.25) is 10.1 Å². The molecule has 2 nitrogen and oxygen atoms in total. The predicted molar refractivity (Wildman–Crippen MR) is 29.7 cm³/mol. The van der Waals surface area contributed by atoms with E-state index in [2.05, 4.69) is 5.32 Å². The van der Waals surface area contributed by atoms with Crippen molar-refractivity contribution < 1.29 is 22.4 Å². The lowest BCUT2D eigenvalue weighted by molar-refractivity contribution is -0.129. The number of nitrogens with zero attached hydrogens (tertiary/aromatic N) is 1. The normalized spacial score (nSPS) is 23.8. The van der Waals surface area contributed by atoms with Crippen LogP contribution in [0, 0.1) is 6.20 Å². The molecule has 0 aliphatic carbocycles. The van der Waals surface area contributed by atoms with Crippen LogP contribution in [-0.2, 0) is 4.79 Å². The summed E-state index contributed by atoms with van der Waals surface area (Å²) in [7, 11) is 0. The van der Waals surface area contributed by atoms with Gasteiger partial charge in [-0.1, -0.05) is 0 Å². The van der Waals surface area contributed by atoms with Crippen LogP contribution in [0.2, 0.25) is 0 Å². The van der Waals surface area contributed by atoms with Crippen molar-refractivity contribution in [2.75, 3.05) is 6.67 Å². The molecule has 1 aliphatic rings. The lowest BCUT2D eigenvalue weighted by Crippen LogP contribution is -2.29. The minimum atomic E-state index is -4.77. The van der Waals surface area contributed by atoms with Gasteiger partial charge in [0.05, 0.1) is 0 Å². The number of alkyl halides is 4. The molecule has 1 unspecified atom stereocenters. The van der Waals surface area contributed by atoms with Crippen molar-refractivity contribution >= 4 is 5.78 Å². The minimum Gasteiger partial charge on any atom is -0.292 e. The Morgan fingerprint density at radius 3 is 2.33 bits per heavy atom. The average Bonchev–Trinajstić information content (AvgIpc) is 2.29. The van der Waals surface area contributed by atoms with Gasteiger partial charge >= 0.3 is 6.18 Å². The van der Waals surface area contributed by atoms with Gasteiger partial charge < -0.3 is 0 Å². The van der Waals surface area contributed by atoms with Crippen LogP contribution in [-0.4, -0.2) is 24.7 Å². The first-order chi connectivity index (χ1) is 5.46. The molecular weight excluding hydrogens is 178 g/mol. The number of ketones is 1. The van der Waals surface area contributed by atoms with Crippen LogP contribution in [0.5, 0.6) is 0 Å². The summed E-state index contributed by atoms with van der Waals surface area (Å²) >= 11 is 0. The second-order valence-corrected chi connectivity index (χ2v) is 2.15. The zero-order valence-electron chi connectivity index (χ0n) is 5.65. The first kappa shape index (κ1) is 9.02. The number of carbonyl (C=O) groups is 1. The molecule has 1 atom stereocenters. The summed E-state index contributed by atoms with van der Waals surface area (Å²) < 4.78 is 47.2. The van der Waals surface area contributed by atoms with Gasteiger partial charge in [0.25, 0.3) is 0 Å². The van der Waals surface area contributed by atoms with Crippen LogP contribution >= 0.6 is 0 Å². The van der Waals surface area contributed by atoms with Crippen molar-refractivity contribution in [3.63, 3.8) is 0 Å². The maximum absolute atomic E-state index is 11.8. The molecule has 0 bridgehead atoms. The molecule has 66 valence electrons. The Balaban J connectivity index is 2.79. The minimum absolute atomic E-state index is 1.22. The van der Waals surface area contributed by atoms with Gasteiger partial charge in [0.15, 0.2) is 5.78 Å². The van der Waals surface area contributed by atoms with Crippen molar-refractivity contribution in [3.8, 4) is 0 Å².